The van der Waals surface area contributed by atoms with E-state index in [1.807, 2.05) is 62.4 Å². The molecule has 2 aromatic carbocycles. The van der Waals surface area contributed by atoms with Crippen LogP contribution in [0.4, 0.5) is 4.79 Å². The zero-order valence-electron chi connectivity index (χ0n) is 28.7. The number of nitrogens with zero attached hydrogens (tertiary/aromatic N) is 1. The van der Waals surface area contributed by atoms with Gasteiger partial charge in [-0.25, -0.2) is 4.79 Å². The van der Waals surface area contributed by atoms with E-state index >= 15 is 0 Å². The molecule has 1 saturated carbocycles. The Morgan fingerprint density at radius 1 is 1.06 bits per heavy atom. The lowest BCUT2D eigenvalue weighted by atomic mass is 9.64. The van der Waals surface area contributed by atoms with E-state index in [-0.39, 0.29) is 30.3 Å². The number of nitrogens with one attached hydrogen (secondary N) is 1. The summed E-state index contributed by atoms with van der Waals surface area (Å²) in [6.45, 7) is 11.1. The molecule has 47 heavy (non-hydrogen) atoms. The largest absolute Gasteiger partial charge is 0.393 e. The number of hydrogen-bond acceptors (Lipinski definition) is 5. The lowest BCUT2D eigenvalue weighted by Gasteiger charge is -2.46. The zero-order valence-corrected chi connectivity index (χ0v) is 29.5. The average molecular weight is 657 g/mol. The molecule has 3 aromatic rings. The number of carbonyl (C=O) groups excluding carboxylic acids is 2. The van der Waals surface area contributed by atoms with E-state index in [1.165, 1.54) is 16.9 Å². The number of allylic oxidation sites excluding steroid dienone is 2. The van der Waals surface area contributed by atoms with Crippen LogP contribution in [-0.2, 0) is 6.42 Å². The molecule has 2 amide bonds. The predicted octanol–water partition coefficient (Wildman–Crippen LogP) is 8.51. The Balaban J connectivity index is 1.53. The third-order valence-corrected chi connectivity index (χ3v) is 11.8. The average Bonchev–Trinajstić information content (AvgIpc) is 3.59. The van der Waals surface area contributed by atoms with Crippen LogP contribution in [0.3, 0.4) is 0 Å². The van der Waals surface area contributed by atoms with Crippen molar-refractivity contribution in [3.63, 3.8) is 0 Å². The van der Waals surface area contributed by atoms with E-state index in [1.54, 1.807) is 4.90 Å². The molecule has 3 aliphatic rings. The number of thiophene rings is 1. The van der Waals surface area contributed by atoms with Crippen molar-refractivity contribution in [2.24, 2.45) is 5.41 Å². The highest BCUT2D eigenvalue weighted by Gasteiger charge is 2.57. The third kappa shape index (κ3) is 7.74. The molecule has 5 atom stereocenters. The molecule has 1 heterocycles. The molecular weight excluding hydrogens is 605 g/mol. The first kappa shape index (κ1) is 35.1. The molecule has 0 saturated heterocycles. The Morgan fingerprint density at radius 2 is 1.83 bits per heavy atom. The van der Waals surface area contributed by atoms with E-state index < -0.39 is 17.1 Å². The fraction of sp³-hybridized carbons (Fsp3) is 0.500. The van der Waals surface area contributed by atoms with E-state index in [0.717, 1.165) is 40.8 Å². The van der Waals surface area contributed by atoms with Crippen molar-refractivity contribution in [2.75, 3.05) is 13.1 Å². The molecule has 3 N–H and O–H groups in total. The number of rotatable bonds is 8. The molecule has 1 fully saturated rings. The van der Waals surface area contributed by atoms with Crippen LogP contribution in [0.2, 0.25) is 0 Å². The fourth-order valence-corrected chi connectivity index (χ4v) is 8.65. The topological polar surface area (TPSA) is 89.9 Å². The highest BCUT2D eigenvalue weighted by molar-refractivity contribution is 7.14. The molecule has 0 radical (unpaired) electrons. The normalized spacial score (nSPS) is 25.4. The maximum Gasteiger partial charge on any atom is 0.317 e. The van der Waals surface area contributed by atoms with Gasteiger partial charge in [0.2, 0.25) is 5.78 Å². The van der Waals surface area contributed by atoms with Crippen LogP contribution in [0.15, 0.2) is 72.3 Å². The minimum atomic E-state index is -1.16. The number of hydrogen-bond donors (Lipinski definition) is 3. The number of carbonyl (C=O) groups is 2. The number of ketones is 1. The van der Waals surface area contributed by atoms with Gasteiger partial charge in [0.25, 0.3) is 0 Å². The Kier molecular flexibility index (Phi) is 11.1. The molecule has 5 unspecified atom stereocenters. The summed E-state index contributed by atoms with van der Waals surface area (Å²) in [5.41, 5.74) is 3.08. The molecule has 3 aliphatic carbocycles. The van der Waals surface area contributed by atoms with Crippen molar-refractivity contribution < 1.29 is 19.8 Å². The van der Waals surface area contributed by atoms with Crippen LogP contribution >= 0.6 is 11.3 Å². The van der Waals surface area contributed by atoms with Gasteiger partial charge in [-0.15, -0.1) is 11.3 Å². The summed E-state index contributed by atoms with van der Waals surface area (Å²) in [7, 11) is 0. The third-order valence-electron chi connectivity index (χ3n) is 10.8. The van der Waals surface area contributed by atoms with Crippen molar-refractivity contribution in [1.82, 2.24) is 10.2 Å². The summed E-state index contributed by atoms with van der Waals surface area (Å²) in [5.74, 6) is -0.0881. The van der Waals surface area contributed by atoms with Gasteiger partial charge in [0, 0.05) is 22.4 Å². The Morgan fingerprint density at radius 3 is 2.53 bits per heavy atom. The van der Waals surface area contributed by atoms with E-state index in [2.05, 4.69) is 44.3 Å². The maximum atomic E-state index is 14.2. The number of urea groups is 1. The van der Waals surface area contributed by atoms with Gasteiger partial charge < -0.3 is 20.4 Å². The van der Waals surface area contributed by atoms with Crippen molar-refractivity contribution in [3.05, 3.63) is 104 Å². The lowest BCUT2D eigenvalue weighted by Crippen LogP contribution is -2.55. The maximum absolute atomic E-state index is 14.2. The van der Waals surface area contributed by atoms with Crippen LogP contribution in [0.1, 0.15) is 121 Å². The van der Waals surface area contributed by atoms with Gasteiger partial charge in [-0.3, -0.25) is 4.79 Å². The zero-order chi connectivity index (χ0) is 33.8. The Hall–Kier alpha value is -3.26. The summed E-state index contributed by atoms with van der Waals surface area (Å²) >= 11 is 1.50. The molecule has 1 aromatic heterocycles. The monoisotopic (exact) mass is 656 g/mol. The Labute approximate surface area is 284 Å². The summed E-state index contributed by atoms with van der Waals surface area (Å²) in [6, 6.07) is 19.6. The van der Waals surface area contributed by atoms with Crippen LogP contribution in [0.25, 0.3) is 0 Å². The van der Waals surface area contributed by atoms with Gasteiger partial charge in [-0.2, -0.15) is 0 Å². The highest BCUT2D eigenvalue weighted by atomic mass is 32.1. The summed E-state index contributed by atoms with van der Waals surface area (Å²) in [4.78, 5) is 31.5. The molecular formula is C40H52N2O4S. The second kappa shape index (κ2) is 14.9. The first-order valence-corrected chi connectivity index (χ1v) is 18.2. The first-order chi connectivity index (χ1) is 22.4. The van der Waals surface area contributed by atoms with Gasteiger partial charge in [0.1, 0.15) is 0 Å². The van der Waals surface area contributed by atoms with Crippen molar-refractivity contribution in [1.29, 1.82) is 0 Å². The standard InChI is InChI=1S/C40H52N2O4S/c1-6-23-42(38(45)41-29(4)31-12-8-7-9-13-31)26-40(46)22-20-35-33-18-16-30(25-34(33)37(44)36-19-15-28(3)47-36)24-32(43)17-14-27(2)11-10-21-39(35,40)5/h7-9,11-13,15-16,18-19,25,29,32,35,43,46H,6,10,14,17,20-24,26H2,1-5H3,(H,41,45). The Bertz CT molecular complexity index is 1580. The number of aryl methyl sites for hydroxylation is 1. The molecule has 6 nitrogen and oxygen atoms in total. The fourth-order valence-electron chi connectivity index (χ4n) is 7.83. The minimum Gasteiger partial charge on any atom is -0.393 e. The van der Waals surface area contributed by atoms with Crippen LogP contribution in [0, 0.1) is 12.3 Å². The highest BCUT2D eigenvalue weighted by Crippen LogP contribution is 2.59. The predicted molar refractivity (Wildman–Crippen MR) is 191 cm³/mol. The van der Waals surface area contributed by atoms with Crippen LogP contribution in [-0.4, -0.2) is 51.7 Å². The van der Waals surface area contributed by atoms with Crippen molar-refractivity contribution in [2.45, 2.75) is 110 Å². The number of aliphatic hydroxyl groups is 2. The quantitative estimate of drug-likeness (QED) is 0.168. The number of fused-ring (bicyclic) bond motifs is 8. The lowest BCUT2D eigenvalue weighted by molar-refractivity contribution is -0.0770. The van der Waals surface area contributed by atoms with E-state index in [4.69, 9.17) is 0 Å². The van der Waals surface area contributed by atoms with Crippen LogP contribution < -0.4 is 5.32 Å². The van der Waals surface area contributed by atoms with Crippen molar-refractivity contribution >= 4 is 23.2 Å². The smallest absolute Gasteiger partial charge is 0.317 e. The summed E-state index contributed by atoms with van der Waals surface area (Å²) in [5, 5.41) is 26.9. The van der Waals surface area contributed by atoms with Crippen molar-refractivity contribution in [3.8, 4) is 0 Å². The summed E-state index contributed by atoms with van der Waals surface area (Å²) in [6.07, 6.45) is 7.22. The van der Waals surface area contributed by atoms with Gasteiger partial charge in [0.15, 0.2) is 0 Å². The SMILES string of the molecule is CCCN(CC1(O)CCC2c3ccc(cc3C(=O)c3ccc(C)s3)CC(O)CCC(C)=CCCC21C)C(=O)NC(C)c1ccccc1. The van der Waals surface area contributed by atoms with E-state index in [9.17, 15) is 19.8 Å². The minimum absolute atomic E-state index is 0.00282. The number of aliphatic hydroxyl groups excluding tert-OH is 1. The molecule has 0 aliphatic heterocycles. The molecule has 6 rings (SSSR count). The van der Waals surface area contributed by atoms with Gasteiger partial charge >= 0.3 is 6.03 Å². The van der Waals surface area contributed by atoms with Gasteiger partial charge in [-0.05, 0) is 113 Å². The van der Waals surface area contributed by atoms with Gasteiger partial charge in [0.05, 0.1) is 29.2 Å². The first-order valence-electron chi connectivity index (χ1n) is 17.3. The molecule has 0 spiro atoms. The van der Waals surface area contributed by atoms with E-state index in [0.29, 0.717) is 49.1 Å². The second-order valence-electron chi connectivity index (χ2n) is 14.2. The molecule has 7 heteroatoms. The second-order valence-corrected chi connectivity index (χ2v) is 15.5. The molecule has 2 bridgehead atoms. The van der Waals surface area contributed by atoms with Crippen LogP contribution in [0.5, 0.6) is 0 Å². The van der Waals surface area contributed by atoms with Gasteiger partial charge in [-0.1, -0.05) is 68.0 Å². The summed E-state index contributed by atoms with van der Waals surface area (Å²) < 4.78 is 0. The molecule has 252 valence electrons. The number of amides is 2. The number of benzene rings is 2.